The van der Waals surface area contributed by atoms with Crippen LogP contribution in [-0.2, 0) is 9.53 Å². The van der Waals surface area contributed by atoms with Gasteiger partial charge in [-0.2, -0.15) is 0 Å². The molecule has 5 nitrogen and oxygen atoms in total. The fraction of sp³-hybridized carbons (Fsp3) is 0.923. The summed E-state index contributed by atoms with van der Waals surface area (Å²) in [4.78, 5) is 15.0. The molecule has 0 radical (unpaired) electrons. The van der Waals surface area contributed by atoms with Crippen LogP contribution in [-0.4, -0.2) is 73.4 Å². The van der Waals surface area contributed by atoms with Crippen LogP contribution in [0.15, 0.2) is 0 Å². The van der Waals surface area contributed by atoms with Crippen LogP contribution >= 0.6 is 0 Å². The molecule has 1 heterocycles. The minimum Gasteiger partial charge on any atom is -0.480 e. The number of nitrogens with zero attached hydrogens (tertiary/aromatic N) is 2. The Hall–Kier alpha value is -0.650. The predicted octanol–water partition coefficient (Wildman–Crippen LogP) is 0.895. The monoisotopic (exact) mass is 258 g/mol. The van der Waals surface area contributed by atoms with Gasteiger partial charge in [-0.25, -0.2) is 0 Å². The first kappa shape index (κ1) is 15.4. The zero-order chi connectivity index (χ0) is 13.2. The average Bonchev–Trinajstić information content (AvgIpc) is 2.54. The summed E-state index contributed by atoms with van der Waals surface area (Å²) < 4.78 is 5.56. The highest BCUT2D eigenvalue weighted by molar-refractivity contribution is 5.69. The Morgan fingerprint density at radius 2 is 1.89 bits per heavy atom. The first-order chi connectivity index (χ1) is 8.72. The molecule has 0 atom stereocenters. The van der Waals surface area contributed by atoms with Gasteiger partial charge < -0.3 is 9.84 Å². The van der Waals surface area contributed by atoms with Crippen LogP contribution in [0.1, 0.15) is 26.2 Å². The van der Waals surface area contributed by atoms with E-state index in [0.717, 1.165) is 58.8 Å². The molecule has 1 fully saturated rings. The Morgan fingerprint density at radius 3 is 2.61 bits per heavy atom. The number of carbonyl (C=O) groups is 1. The van der Waals surface area contributed by atoms with Crippen molar-refractivity contribution in [1.82, 2.24) is 9.80 Å². The molecule has 1 aliphatic heterocycles. The highest BCUT2D eigenvalue weighted by atomic mass is 16.5. The molecule has 0 unspecified atom stereocenters. The van der Waals surface area contributed by atoms with Gasteiger partial charge in [-0.1, -0.05) is 13.3 Å². The SMILES string of the molecule is CCCCOCCN1CCCN(CC(=O)O)CC1. The van der Waals surface area contributed by atoms with Crippen LogP contribution in [0.2, 0.25) is 0 Å². The third-order valence-corrected chi connectivity index (χ3v) is 3.23. The third kappa shape index (κ3) is 6.93. The van der Waals surface area contributed by atoms with E-state index in [1.807, 2.05) is 4.90 Å². The molecule has 0 aromatic carbocycles. The molecule has 0 bridgehead atoms. The summed E-state index contributed by atoms with van der Waals surface area (Å²) in [5, 5.41) is 8.77. The Balaban J connectivity index is 2.11. The van der Waals surface area contributed by atoms with Gasteiger partial charge in [-0.3, -0.25) is 14.6 Å². The maximum absolute atomic E-state index is 10.7. The first-order valence-electron chi connectivity index (χ1n) is 6.96. The summed E-state index contributed by atoms with van der Waals surface area (Å²) in [5.74, 6) is -0.730. The highest BCUT2D eigenvalue weighted by Gasteiger charge is 2.16. The summed E-state index contributed by atoms with van der Waals surface area (Å²) in [7, 11) is 0. The van der Waals surface area contributed by atoms with E-state index in [1.54, 1.807) is 0 Å². The summed E-state index contributed by atoms with van der Waals surface area (Å²) in [6, 6.07) is 0. The number of rotatable bonds is 8. The van der Waals surface area contributed by atoms with Gasteiger partial charge in [0.2, 0.25) is 0 Å². The number of carboxylic acids is 1. The fourth-order valence-electron chi connectivity index (χ4n) is 2.14. The van der Waals surface area contributed by atoms with Gasteiger partial charge in [0, 0.05) is 32.8 Å². The second kappa shape index (κ2) is 9.30. The lowest BCUT2D eigenvalue weighted by atomic mass is 10.3. The van der Waals surface area contributed by atoms with E-state index >= 15 is 0 Å². The van der Waals surface area contributed by atoms with E-state index in [0.29, 0.717) is 0 Å². The second-order valence-corrected chi connectivity index (χ2v) is 4.83. The molecular formula is C13H26N2O3. The van der Waals surface area contributed by atoms with Gasteiger partial charge in [0.1, 0.15) is 0 Å². The van der Waals surface area contributed by atoms with Crippen molar-refractivity contribution in [2.75, 3.05) is 52.5 Å². The molecule has 1 saturated heterocycles. The van der Waals surface area contributed by atoms with Crippen molar-refractivity contribution in [2.45, 2.75) is 26.2 Å². The smallest absolute Gasteiger partial charge is 0.317 e. The molecule has 1 N–H and O–H groups in total. The fourth-order valence-corrected chi connectivity index (χ4v) is 2.14. The molecule has 0 aromatic rings. The minimum absolute atomic E-state index is 0.167. The van der Waals surface area contributed by atoms with E-state index in [9.17, 15) is 4.79 Å². The van der Waals surface area contributed by atoms with Gasteiger partial charge >= 0.3 is 5.97 Å². The second-order valence-electron chi connectivity index (χ2n) is 4.83. The standard InChI is InChI=1S/C13H26N2O3/c1-2-3-10-18-11-9-14-5-4-6-15(8-7-14)12-13(16)17/h2-12H2,1H3,(H,16,17). The van der Waals surface area contributed by atoms with Crippen molar-refractivity contribution in [3.63, 3.8) is 0 Å². The lowest BCUT2D eigenvalue weighted by Gasteiger charge is -2.20. The van der Waals surface area contributed by atoms with Gasteiger partial charge in [-0.05, 0) is 19.4 Å². The predicted molar refractivity (Wildman–Crippen MR) is 70.9 cm³/mol. The van der Waals surface area contributed by atoms with Gasteiger partial charge in [-0.15, -0.1) is 0 Å². The molecule has 0 aromatic heterocycles. The van der Waals surface area contributed by atoms with Gasteiger partial charge in [0.25, 0.3) is 0 Å². The molecule has 106 valence electrons. The molecule has 18 heavy (non-hydrogen) atoms. The van der Waals surface area contributed by atoms with E-state index in [2.05, 4.69) is 11.8 Å². The van der Waals surface area contributed by atoms with E-state index in [4.69, 9.17) is 9.84 Å². The topological polar surface area (TPSA) is 53.0 Å². The zero-order valence-corrected chi connectivity index (χ0v) is 11.4. The molecule has 1 rings (SSSR count). The van der Waals surface area contributed by atoms with Crippen LogP contribution in [0.3, 0.4) is 0 Å². The summed E-state index contributed by atoms with van der Waals surface area (Å²) in [6.07, 6.45) is 3.35. The van der Waals surface area contributed by atoms with E-state index < -0.39 is 5.97 Å². The van der Waals surface area contributed by atoms with Crippen LogP contribution in [0.25, 0.3) is 0 Å². The van der Waals surface area contributed by atoms with Gasteiger partial charge in [0.05, 0.1) is 13.2 Å². The maximum Gasteiger partial charge on any atom is 0.317 e. The summed E-state index contributed by atoms with van der Waals surface area (Å²) in [6.45, 7) is 8.67. The van der Waals surface area contributed by atoms with E-state index in [-0.39, 0.29) is 6.54 Å². The normalized spacial score (nSPS) is 18.7. The van der Waals surface area contributed by atoms with Crippen LogP contribution < -0.4 is 0 Å². The number of hydrogen-bond donors (Lipinski definition) is 1. The Morgan fingerprint density at radius 1 is 1.17 bits per heavy atom. The molecular weight excluding hydrogens is 232 g/mol. The van der Waals surface area contributed by atoms with Crippen molar-refractivity contribution in [3.8, 4) is 0 Å². The van der Waals surface area contributed by atoms with Crippen LogP contribution in [0.4, 0.5) is 0 Å². The Labute approximate surface area is 110 Å². The number of unbranched alkanes of at least 4 members (excludes halogenated alkanes) is 1. The third-order valence-electron chi connectivity index (χ3n) is 3.23. The lowest BCUT2D eigenvalue weighted by molar-refractivity contribution is -0.138. The van der Waals surface area contributed by atoms with E-state index in [1.165, 1.54) is 6.42 Å². The van der Waals surface area contributed by atoms with Crippen molar-refractivity contribution in [3.05, 3.63) is 0 Å². The van der Waals surface area contributed by atoms with Crippen molar-refractivity contribution < 1.29 is 14.6 Å². The number of aliphatic carboxylic acids is 1. The quantitative estimate of drug-likeness (QED) is 0.655. The summed E-state index contributed by atoms with van der Waals surface area (Å²) >= 11 is 0. The first-order valence-corrected chi connectivity index (χ1v) is 6.96. The lowest BCUT2D eigenvalue weighted by Crippen LogP contribution is -2.35. The maximum atomic E-state index is 10.7. The molecule has 0 spiro atoms. The van der Waals surface area contributed by atoms with Crippen LogP contribution in [0, 0.1) is 0 Å². The molecule has 5 heteroatoms. The van der Waals surface area contributed by atoms with Crippen molar-refractivity contribution in [1.29, 1.82) is 0 Å². The number of ether oxygens (including phenoxy) is 1. The van der Waals surface area contributed by atoms with Crippen molar-refractivity contribution in [2.24, 2.45) is 0 Å². The number of hydrogen-bond acceptors (Lipinski definition) is 4. The Kier molecular flexibility index (Phi) is 7.96. The highest BCUT2D eigenvalue weighted by Crippen LogP contribution is 2.02. The van der Waals surface area contributed by atoms with Crippen molar-refractivity contribution >= 4 is 5.97 Å². The minimum atomic E-state index is -0.730. The largest absolute Gasteiger partial charge is 0.480 e. The molecule has 1 aliphatic rings. The summed E-state index contributed by atoms with van der Waals surface area (Å²) in [5.41, 5.74) is 0. The molecule has 0 saturated carbocycles. The molecule has 0 amide bonds. The van der Waals surface area contributed by atoms with Gasteiger partial charge in [0.15, 0.2) is 0 Å². The zero-order valence-electron chi connectivity index (χ0n) is 11.4. The number of carboxylic acid groups (broad SMARTS) is 1. The average molecular weight is 258 g/mol. The molecule has 0 aliphatic carbocycles. The van der Waals surface area contributed by atoms with Crippen LogP contribution in [0.5, 0.6) is 0 Å². The Bertz CT molecular complexity index is 236.